The van der Waals surface area contributed by atoms with Crippen molar-refractivity contribution in [2.45, 2.75) is 65.3 Å². The first-order valence-corrected chi connectivity index (χ1v) is 11.3. The Kier molecular flexibility index (Phi) is 6.62. The number of hydrogen-bond acceptors (Lipinski definition) is 4. The lowest BCUT2D eigenvalue weighted by molar-refractivity contribution is -0.135. The first-order chi connectivity index (χ1) is 15.0. The van der Waals surface area contributed by atoms with Gasteiger partial charge in [-0.2, -0.15) is 0 Å². The minimum Gasteiger partial charge on any atom is -0.355 e. The molecule has 8 nitrogen and oxygen atoms in total. The van der Waals surface area contributed by atoms with E-state index >= 15 is 0 Å². The smallest absolute Gasteiger partial charge is 0.325 e. The molecule has 0 bridgehead atoms. The van der Waals surface area contributed by atoms with Crippen LogP contribution < -0.4 is 16.0 Å². The number of imide groups is 1. The second-order valence-corrected chi connectivity index (χ2v) is 9.68. The number of rotatable bonds is 6. The van der Waals surface area contributed by atoms with Crippen LogP contribution in [0, 0.1) is 18.3 Å². The van der Waals surface area contributed by atoms with Crippen LogP contribution in [0.1, 0.15) is 68.8 Å². The standard InChI is InChI=1S/C24H34N4O4/c1-6-23(3,4)17-9-11-24(12-10-17)21(31)28(22(32)27-24)14-19(29)26-18-8-7-16(13-15(18)2)20(30)25-5/h7-8,13,17H,6,9-12,14H2,1-5H3,(H,25,30)(H,26,29)(H,27,32). The zero-order valence-electron chi connectivity index (χ0n) is 19.6. The maximum Gasteiger partial charge on any atom is 0.325 e. The molecule has 174 valence electrons. The minimum absolute atomic E-state index is 0.206. The Hall–Kier alpha value is -2.90. The molecule has 0 unspecified atom stereocenters. The molecule has 0 aromatic heterocycles. The third-order valence-corrected chi connectivity index (χ3v) is 7.39. The van der Waals surface area contributed by atoms with Crippen LogP contribution in [0.4, 0.5) is 10.5 Å². The molecular weight excluding hydrogens is 408 g/mol. The normalized spacial score (nSPS) is 23.3. The topological polar surface area (TPSA) is 108 Å². The molecular formula is C24H34N4O4. The van der Waals surface area contributed by atoms with Gasteiger partial charge in [-0.1, -0.05) is 27.2 Å². The lowest BCUT2D eigenvalue weighted by Crippen LogP contribution is -2.51. The number of nitrogens with zero attached hydrogens (tertiary/aromatic N) is 1. The maximum absolute atomic E-state index is 13.1. The van der Waals surface area contributed by atoms with Crippen molar-refractivity contribution in [3.8, 4) is 0 Å². The van der Waals surface area contributed by atoms with Gasteiger partial charge in [0, 0.05) is 18.3 Å². The van der Waals surface area contributed by atoms with E-state index in [2.05, 4.69) is 36.7 Å². The number of aryl methyl sites for hydroxylation is 1. The van der Waals surface area contributed by atoms with Crippen LogP contribution in [-0.4, -0.2) is 47.8 Å². The molecule has 1 aliphatic heterocycles. The Balaban J connectivity index is 1.64. The number of hydrogen-bond donors (Lipinski definition) is 3. The van der Waals surface area contributed by atoms with Crippen LogP contribution in [0.15, 0.2) is 18.2 Å². The van der Waals surface area contributed by atoms with Gasteiger partial charge >= 0.3 is 6.03 Å². The van der Waals surface area contributed by atoms with Crippen LogP contribution in [0.2, 0.25) is 0 Å². The lowest BCUT2D eigenvalue weighted by atomic mass is 9.65. The molecule has 32 heavy (non-hydrogen) atoms. The fourth-order valence-electron chi connectivity index (χ4n) is 4.76. The zero-order valence-corrected chi connectivity index (χ0v) is 19.6. The van der Waals surface area contributed by atoms with Gasteiger partial charge in [-0.05, 0) is 67.7 Å². The average Bonchev–Trinajstić information content (AvgIpc) is 2.98. The second kappa shape index (κ2) is 8.92. The number of nitrogens with one attached hydrogen (secondary N) is 3. The van der Waals surface area contributed by atoms with Gasteiger partial charge < -0.3 is 16.0 Å². The number of carbonyl (C=O) groups is 4. The van der Waals surface area contributed by atoms with E-state index in [1.54, 1.807) is 32.2 Å². The Morgan fingerprint density at radius 2 is 1.88 bits per heavy atom. The Labute approximate surface area is 189 Å². The molecule has 1 aromatic rings. The van der Waals surface area contributed by atoms with E-state index in [-0.39, 0.29) is 23.8 Å². The van der Waals surface area contributed by atoms with Crippen molar-refractivity contribution >= 4 is 29.4 Å². The van der Waals surface area contributed by atoms with Gasteiger partial charge in [0.1, 0.15) is 12.1 Å². The summed E-state index contributed by atoms with van der Waals surface area (Å²) >= 11 is 0. The summed E-state index contributed by atoms with van der Waals surface area (Å²) in [6, 6.07) is 4.42. The van der Waals surface area contributed by atoms with E-state index in [1.807, 2.05) is 0 Å². The molecule has 1 aromatic carbocycles. The fraction of sp³-hybridized carbons (Fsp3) is 0.583. The van der Waals surface area contributed by atoms with Gasteiger partial charge in [0.25, 0.3) is 11.8 Å². The van der Waals surface area contributed by atoms with Crippen molar-refractivity contribution in [1.82, 2.24) is 15.5 Å². The van der Waals surface area contributed by atoms with Crippen LogP contribution in [-0.2, 0) is 9.59 Å². The molecule has 2 aliphatic rings. The summed E-state index contributed by atoms with van der Waals surface area (Å²) in [5.41, 5.74) is 1.05. The molecule has 3 rings (SSSR count). The maximum atomic E-state index is 13.1. The minimum atomic E-state index is -0.886. The molecule has 1 spiro atoms. The Morgan fingerprint density at radius 3 is 2.44 bits per heavy atom. The third-order valence-electron chi connectivity index (χ3n) is 7.39. The molecule has 1 saturated heterocycles. The van der Waals surface area contributed by atoms with Crippen molar-refractivity contribution in [2.24, 2.45) is 11.3 Å². The number of amides is 5. The zero-order chi connectivity index (χ0) is 23.7. The quantitative estimate of drug-likeness (QED) is 0.588. The molecule has 0 atom stereocenters. The predicted octanol–water partition coefficient (Wildman–Crippen LogP) is 3.21. The lowest BCUT2D eigenvalue weighted by Gasteiger charge is -2.42. The van der Waals surface area contributed by atoms with Crippen LogP contribution in [0.5, 0.6) is 0 Å². The molecule has 1 aliphatic carbocycles. The van der Waals surface area contributed by atoms with Crippen LogP contribution >= 0.6 is 0 Å². The van der Waals surface area contributed by atoms with E-state index in [0.717, 1.165) is 24.2 Å². The highest BCUT2D eigenvalue weighted by molar-refractivity contribution is 6.10. The SMILES string of the molecule is CCC(C)(C)C1CCC2(CC1)NC(=O)N(CC(=O)Nc1ccc(C(=O)NC)cc1C)C2=O. The van der Waals surface area contributed by atoms with Crippen molar-refractivity contribution in [2.75, 3.05) is 18.9 Å². The van der Waals surface area contributed by atoms with Crippen LogP contribution in [0.3, 0.4) is 0 Å². The monoisotopic (exact) mass is 442 g/mol. The Morgan fingerprint density at radius 1 is 1.22 bits per heavy atom. The van der Waals surface area contributed by atoms with E-state index in [1.165, 1.54) is 0 Å². The summed E-state index contributed by atoms with van der Waals surface area (Å²) in [4.78, 5) is 51.1. The third kappa shape index (κ3) is 4.49. The van der Waals surface area contributed by atoms with E-state index in [0.29, 0.717) is 35.6 Å². The molecule has 2 fully saturated rings. The summed E-state index contributed by atoms with van der Waals surface area (Å²) in [6.07, 6.45) is 4.03. The molecule has 0 radical (unpaired) electrons. The van der Waals surface area contributed by atoms with E-state index in [9.17, 15) is 19.2 Å². The van der Waals surface area contributed by atoms with Gasteiger partial charge in [-0.3, -0.25) is 19.3 Å². The second-order valence-electron chi connectivity index (χ2n) is 9.68. The van der Waals surface area contributed by atoms with Crippen molar-refractivity contribution in [3.05, 3.63) is 29.3 Å². The van der Waals surface area contributed by atoms with E-state index < -0.39 is 17.5 Å². The molecule has 3 N–H and O–H groups in total. The predicted molar refractivity (Wildman–Crippen MR) is 122 cm³/mol. The highest BCUT2D eigenvalue weighted by atomic mass is 16.2. The van der Waals surface area contributed by atoms with E-state index in [4.69, 9.17) is 0 Å². The van der Waals surface area contributed by atoms with Gasteiger partial charge in [-0.15, -0.1) is 0 Å². The molecule has 5 amide bonds. The Bertz CT molecular complexity index is 932. The molecule has 1 heterocycles. The summed E-state index contributed by atoms with van der Waals surface area (Å²) in [5, 5.41) is 8.18. The number of carbonyl (C=O) groups excluding carboxylic acids is 4. The highest BCUT2D eigenvalue weighted by Crippen LogP contribution is 2.45. The first-order valence-electron chi connectivity index (χ1n) is 11.3. The molecule has 1 saturated carbocycles. The largest absolute Gasteiger partial charge is 0.355 e. The number of benzene rings is 1. The van der Waals surface area contributed by atoms with Crippen molar-refractivity contribution in [3.63, 3.8) is 0 Å². The van der Waals surface area contributed by atoms with Crippen LogP contribution in [0.25, 0.3) is 0 Å². The molecule has 8 heteroatoms. The number of urea groups is 1. The highest BCUT2D eigenvalue weighted by Gasteiger charge is 2.53. The van der Waals surface area contributed by atoms with Crippen molar-refractivity contribution in [1.29, 1.82) is 0 Å². The summed E-state index contributed by atoms with van der Waals surface area (Å²) in [6.45, 7) is 8.13. The van der Waals surface area contributed by atoms with Gasteiger partial charge in [0.15, 0.2) is 0 Å². The summed E-state index contributed by atoms with van der Waals surface area (Å²) in [5.74, 6) is -0.465. The summed E-state index contributed by atoms with van der Waals surface area (Å²) < 4.78 is 0. The summed E-state index contributed by atoms with van der Waals surface area (Å²) in [7, 11) is 1.55. The average molecular weight is 443 g/mol. The van der Waals surface area contributed by atoms with Gasteiger partial charge in [0.2, 0.25) is 5.91 Å². The van der Waals surface area contributed by atoms with Crippen molar-refractivity contribution < 1.29 is 19.2 Å². The first kappa shape index (κ1) is 23.8. The van der Waals surface area contributed by atoms with Gasteiger partial charge in [-0.25, -0.2) is 4.79 Å². The van der Waals surface area contributed by atoms with Gasteiger partial charge in [0.05, 0.1) is 0 Å². The number of anilines is 1. The fourth-order valence-corrected chi connectivity index (χ4v) is 4.76.